The molecule has 0 saturated carbocycles. The van der Waals surface area contributed by atoms with Crippen molar-refractivity contribution < 1.29 is 49.3 Å². The lowest BCUT2D eigenvalue weighted by atomic mass is 9.99. The number of hydrogen-bond donors (Lipinski definition) is 6. The Morgan fingerprint density at radius 3 is 1.33 bits per heavy atom. The molecule has 79 heavy (non-hydrogen) atoms. The van der Waals surface area contributed by atoms with Gasteiger partial charge in [-0.2, -0.15) is 0 Å². The lowest BCUT2D eigenvalue weighted by Crippen LogP contribution is -2.61. The monoisotopic (exact) mass is 1120 g/mol. The molecule has 0 aromatic rings. The first kappa shape index (κ1) is 74.6. The van der Waals surface area contributed by atoms with Crippen LogP contribution < -0.4 is 5.32 Å². The summed E-state index contributed by atoms with van der Waals surface area (Å²) in [6.07, 6.45) is 58.6. The molecule has 0 aromatic heterocycles. The van der Waals surface area contributed by atoms with E-state index >= 15 is 0 Å². The summed E-state index contributed by atoms with van der Waals surface area (Å²) in [6, 6.07) is -1.02. The minimum absolute atomic E-state index is 0.122. The summed E-state index contributed by atoms with van der Waals surface area (Å²) in [7, 11) is 0. The molecule has 0 aliphatic carbocycles. The van der Waals surface area contributed by atoms with Gasteiger partial charge < -0.3 is 45.1 Å². The topological polar surface area (TPSA) is 175 Å². The van der Waals surface area contributed by atoms with Gasteiger partial charge in [-0.05, 0) is 83.5 Å². The third kappa shape index (κ3) is 43.9. The first-order chi connectivity index (χ1) is 38.7. The van der Waals surface area contributed by atoms with Gasteiger partial charge in [0, 0.05) is 6.42 Å². The van der Waals surface area contributed by atoms with E-state index in [0.29, 0.717) is 12.8 Å². The number of ether oxygens (including phenoxy) is 3. The van der Waals surface area contributed by atoms with Gasteiger partial charge >= 0.3 is 5.97 Å². The van der Waals surface area contributed by atoms with Crippen LogP contribution >= 0.6 is 0 Å². The van der Waals surface area contributed by atoms with Gasteiger partial charge in [0.2, 0.25) is 5.91 Å². The van der Waals surface area contributed by atoms with Crippen LogP contribution in [0.1, 0.15) is 310 Å². The first-order valence-corrected chi connectivity index (χ1v) is 33.4. The molecular weight excluding hydrogens is 991 g/mol. The van der Waals surface area contributed by atoms with E-state index in [2.05, 4.69) is 62.5 Å². The van der Waals surface area contributed by atoms with E-state index in [1.54, 1.807) is 6.08 Å². The van der Waals surface area contributed by atoms with Crippen LogP contribution in [0.4, 0.5) is 0 Å². The number of nitrogens with one attached hydrogen (secondary N) is 1. The Hall–Kier alpha value is -2.38. The number of esters is 1. The van der Waals surface area contributed by atoms with Crippen molar-refractivity contribution in [2.75, 3.05) is 13.2 Å². The van der Waals surface area contributed by atoms with Crippen LogP contribution in [0.25, 0.3) is 0 Å². The summed E-state index contributed by atoms with van der Waals surface area (Å²) in [6.45, 7) is 5.78. The maximum Gasteiger partial charge on any atom is 0.306 e. The number of rotatable bonds is 57. The van der Waals surface area contributed by atoms with Gasteiger partial charge in [0.1, 0.15) is 24.4 Å². The van der Waals surface area contributed by atoms with E-state index in [4.69, 9.17) is 14.2 Å². The maximum atomic E-state index is 13.4. The van der Waals surface area contributed by atoms with Crippen LogP contribution in [-0.2, 0) is 23.8 Å². The van der Waals surface area contributed by atoms with E-state index < -0.39 is 67.4 Å². The molecule has 0 aromatic carbocycles. The molecule has 0 spiro atoms. The van der Waals surface area contributed by atoms with Crippen molar-refractivity contribution >= 4 is 11.9 Å². The maximum absolute atomic E-state index is 13.4. The van der Waals surface area contributed by atoms with Crippen LogP contribution in [0, 0.1) is 0 Å². The standard InChI is InChI=1S/C68H125NO10/c1-4-7-10-13-16-19-22-24-26-28-30-31-32-34-36-38-41-44-47-50-53-56-63(73)79-66-65(75)64(74)62(57-70)78-68(66)77-58-59(60(71)54-51-48-45-42-39-21-18-15-12-9-6-3)69-67(76)61(72)55-52-49-46-43-40-37-35-33-29-27-25-23-20-17-14-11-8-5-2/h16,19,24-27,51,54,59-62,64-66,68,70-72,74-75H,4-15,17-18,20-23,28-50,52-53,55-58H2,1-3H3,(H,69,76)/b19-16-,26-24-,27-25+,54-51+. The molecule has 11 heteroatoms. The molecule has 1 aliphatic rings. The molecular formula is C68H125NO10. The molecule has 1 amide bonds. The zero-order valence-corrected chi connectivity index (χ0v) is 51.2. The largest absolute Gasteiger partial charge is 0.454 e. The van der Waals surface area contributed by atoms with Crippen LogP contribution in [0.3, 0.4) is 0 Å². The van der Waals surface area contributed by atoms with Gasteiger partial charge in [-0.3, -0.25) is 9.59 Å². The number of amides is 1. The summed E-state index contributed by atoms with van der Waals surface area (Å²) in [5.41, 5.74) is 0. The Balaban J connectivity index is 2.60. The third-order valence-corrected chi connectivity index (χ3v) is 15.7. The molecule has 1 heterocycles. The molecule has 1 rings (SSSR count). The summed E-state index contributed by atoms with van der Waals surface area (Å²) < 4.78 is 17.7. The number of carbonyl (C=O) groups is 2. The summed E-state index contributed by atoms with van der Waals surface area (Å²) >= 11 is 0. The van der Waals surface area contributed by atoms with Gasteiger partial charge in [-0.1, -0.05) is 268 Å². The Labute approximate surface area is 485 Å². The van der Waals surface area contributed by atoms with Crippen LogP contribution in [-0.4, -0.2) is 99.6 Å². The highest BCUT2D eigenvalue weighted by Crippen LogP contribution is 2.26. The second-order valence-corrected chi connectivity index (χ2v) is 23.2. The Bertz CT molecular complexity index is 1470. The van der Waals surface area contributed by atoms with E-state index in [-0.39, 0.29) is 19.4 Å². The zero-order valence-electron chi connectivity index (χ0n) is 51.2. The SMILES string of the molecule is CCCCC/C=C\C/C=C\CCCCCCCCCCCCCC(=O)OC1C(OCC(NC(=O)C(O)CCCCCCCCCC/C=C/CCCCCCCC)C(O)/C=C/CCCCCCCCCCC)OC(CO)C(O)C1O. The molecule has 11 nitrogen and oxygen atoms in total. The summed E-state index contributed by atoms with van der Waals surface area (Å²) in [4.78, 5) is 26.6. The Kier molecular flexibility index (Phi) is 53.0. The molecule has 6 N–H and O–H groups in total. The molecule has 1 aliphatic heterocycles. The van der Waals surface area contributed by atoms with Crippen molar-refractivity contribution in [1.82, 2.24) is 5.32 Å². The van der Waals surface area contributed by atoms with Gasteiger partial charge in [0.25, 0.3) is 0 Å². The van der Waals surface area contributed by atoms with Crippen molar-refractivity contribution in [3.63, 3.8) is 0 Å². The average molecular weight is 1120 g/mol. The number of aliphatic hydroxyl groups is 5. The van der Waals surface area contributed by atoms with Crippen molar-refractivity contribution in [2.24, 2.45) is 0 Å². The summed E-state index contributed by atoms with van der Waals surface area (Å²) in [5, 5.41) is 57.1. The van der Waals surface area contributed by atoms with Crippen LogP contribution in [0.2, 0.25) is 0 Å². The third-order valence-electron chi connectivity index (χ3n) is 15.7. The predicted octanol–water partition coefficient (Wildman–Crippen LogP) is 16.4. The van der Waals surface area contributed by atoms with Gasteiger partial charge in [0.15, 0.2) is 12.4 Å². The average Bonchev–Trinajstić information content (AvgIpc) is 3.47. The minimum atomic E-state index is -1.61. The fourth-order valence-electron chi connectivity index (χ4n) is 10.4. The highest BCUT2D eigenvalue weighted by molar-refractivity contribution is 5.80. The molecule has 8 unspecified atom stereocenters. The number of aliphatic hydroxyl groups excluding tert-OH is 5. The lowest BCUT2D eigenvalue weighted by Gasteiger charge is -2.41. The Morgan fingerprint density at radius 1 is 0.494 bits per heavy atom. The van der Waals surface area contributed by atoms with Crippen LogP contribution in [0.5, 0.6) is 0 Å². The van der Waals surface area contributed by atoms with E-state index in [1.807, 2.05) is 6.08 Å². The van der Waals surface area contributed by atoms with Crippen molar-refractivity contribution in [3.8, 4) is 0 Å². The first-order valence-electron chi connectivity index (χ1n) is 33.4. The number of allylic oxidation sites excluding steroid dienone is 7. The van der Waals surface area contributed by atoms with Crippen molar-refractivity contribution in [2.45, 2.75) is 359 Å². The fraction of sp³-hybridized carbons (Fsp3) is 0.853. The second-order valence-electron chi connectivity index (χ2n) is 23.2. The second kappa shape index (κ2) is 56.1. The molecule has 1 saturated heterocycles. The van der Waals surface area contributed by atoms with E-state index in [1.165, 1.54) is 193 Å². The van der Waals surface area contributed by atoms with Crippen molar-refractivity contribution in [3.05, 3.63) is 48.6 Å². The zero-order chi connectivity index (χ0) is 57.5. The number of carbonyl (C=O) groups excluding carboxylic acids is 2. The number of hydrogen-bond acceptors (Lipinski definition) is 10. The normalized spacial score (nSPS) is 19.1. The lowest BCUT2D eigenvalue weighted by molar-refractivity contribution is -0.305. The van der Waals surface area contributed by atoms with Crippen molar-refractivity contribution in [1.29, 1.82) is 0 Å². The van der Waals surface area contributed by atoms with E-state index in [0.717, 1.165) is 70.6 Å². The number of unbranched alkanes of at least 4 members (excludes halogenated alkanes) is 37. The smallest absolute Gasteiger partial charge is 0.306 e. The van der Waals surface area contributed by atoms with E-state index in [9.17, 15) is 35.1 Å². The highest BCUT2D eigenvalue weighted by atomic mass is 16.7. The molecule has 1 fully saturated rings. The quantitative estimate of drug-likeness (QED) is 0.0195. The van der Waals surface area contributed by atoms with Gasteiger partial charge in [-0.25, -0.2) is 0 Å². The highest BCUT2D eigenvalue weighted by Gasteiger charge is 2.47. The molecule has 462 valence electrons. The Morgan fingerprint density at radius 2 is 0.873 bits per heavy atom. The van der Waals surface area contributed by atoms with Crippen LogP contribution in [0.15, 0.2) is 48.6 Å². The predicted molar refractivity (Wildman–Crippen MR) is 329 cm³/mol. The molecule has 8 atom stereocenters. The molecule has 0 radical (unpaired) electrons. The van der Waals surface area contributed by atoms with Gasteiger partial charge in [0.05, 0.1) is 25.4 Å². The fourth-order valence-corrected chi connectivity index (χ4v) is 10.4. The molecule has 0 bridgehead atoms. The van der Waals surface area contributed by atoms with Gasteiger partial charge in [-0.15, -0.1) is 0 Å². The summed E-state index contributed by atoms with van der Waals surface area (Å²) in [5.74, 6) is -1.19. The minimum Gasteiger partial charge on any atom is -0.454 e.